The summed E-state index contributed by atoms with van der Waals surface area (Å²) in [5, 5.41) is 14.0. The molecule has 0 saturated heterocycles. The van der Waals surface area contributed by atoms with Gasteiger partial charge in [-0.15, -0.1) is 0 Å². The predicted molar refractivity (Wildman–Crippen MR) is 105 cm³/mol. The second-order valence-electron chi connectivity index (χ2n) is 3.02. The van der Waals surface area contributed by atoms with Crippen LogP contribution in [0.5, 0.6) is 0 Å². The Kier molecular flexibility index (Phi) is 85.1. The van der Waals surface area contributed by atoms with Gasteiger partial charge >= 0.3 is 0 Å². The zero-order chi connectivity index (χ0) is 19.2. The Balaban J connectivity index is -0.0000000598. The number of aliphatic hydroxyl groups excluding tert-OH is 2. The van der Waals surface area contributed by atoms with Gasteiger partial charge in [-0.3, -0.25) is 0 Å². The lowest BCUT2D eigenvalue weighted by atomic mass is 10.4. The SMILES string of the molecule is CCC.CN.CN.CO.CO.c1ccccc1.c1ccccc1. The third-order valence-corrected chi connectivity index (χ3v) is 1.33. The van der Waals surface area contributed by atoms with E-state index in [1.54, 1.807) is 0 Å². The van der Waals surface area contributed by atoms with Gasteiger partial charge in [-0.1, -0.05) is 93.1 Å². The van der Waals surface area contributed by atoms with Crippen molar-refractivity contribution in [2.75, 3.05) is 28.3 Å². The Morgan fingerprint density at radius 2 is 0.478 bits per heavy atom. The molecule has 0 radical (unpaired) electrons. The molecule has 4 heteroatoms. The highest BCUT2D eigenvalue weighted by atomic mass is 16.2. The van der Waals surface area contributed by atoms with Crippen LogP contribution in [-0.2, 0) is 0 Å². The zero-order valence-corrected chi connectivity index (χ0v) is 15.7. The van der Waals surface area contributed by atoms with Crippen LogP contribution < -0.4 is 11.5 Å². The molecule has 0 unspecified atom stereocenters. The maximum absolute atomic E-state index is 7.00. The molecule has 0 atom stereocenters. The third-order valence-electron chi connectivity index (χ3n) is 1.33. The van der Waals surface area contributed by atoms with Crippen molar-refractivity contribution in [3.63, 3.8) is 0 Å². The Morgan fingerprint density at radius 3 is 0.522 bits per heavy atom. The van der Waals surface area contributed by atoms with E-state index in [4.69, 9.17) is 10.2 Å². The van der Waals surface area contributed by atoms with Crippen LogP contribution >= 0.6 is 0 Å². The van der Waals surface area contributed by atoms with Gasteiger partial charge in [0, 0.05) is 14.2 Å². The molecule has 4 nitrogen and oxygen atoms in total. The molecule has 136 valence electrons. The van der Waals surface area contributed by atoms with Gasteiger partial charge in [0.2, 0.25) is 0 Å². The molecule has 0 fully saturated rings. The minimum absolute atomic E-state index is 1.00. The fourth-order valence-electron chi connectivity index (χ4n) is 0.770. The van der Waals surface area contributed by atoms with Crippen LogP contribution in [0.4, 0.5) is 0 Å². The average molecular weight is 327 g/mol. The Morgan fingerprint density at radius 1 is 0.435 bits per heavy atom. The molecule has 0 saturated carbocycles. The molecule has 0 spiro atoms. The fourth-order valence-corrected chi connectivity index (χ4v) is 0.770. The Bertz CT molecular complexity index is 208. The first kappa shape index (κ1) is 33.0. The molecule has 2 aromatic rings. The van der Waals surface area contributed by atoms with E-state index in [1.807, 2.05) is 72.8 Å². The van der Waals surface area contributed by atoms with E-state index in [0.29, 0.717) is 0 Å². The average Bonchev–Trinajstić information content (AvgIpc) is 2.72. The summed E-state index contributed by atoms with van der Waals surface area (Å²) in [5.41, 5.74) is 9.00. The summed E-state index contributed by atoms with van der Waals surface area (Å²) in [7, 11) is 5.00. The summed E-state index contributed by atoms with van der Waals surface area (Å²) in [5.74, 6) is 0. The van der Waals surface area contributed by atoms with Gasteiger partial charge in [0.15, 0.2) is 0 Å². The van der Waals surface area contributed by atoms with Crippen molar-refractivity contribution >= 4 is 0 Å². The monoisotopic (exact) mass is 326 g/mol. The van der Waals surface area contributed by atoms with E-state index < -0.39 is 0 Å². The molecule has 0 aromatic heterocycles. The zero-order valence-electron chi connectivity index (χ0n) is 15.7. The topological polar surface area (TPSA) is 92.5 Å². The highest BCUT2D eigenvalue weighted by molar-refractivity contribution is 4.99. The Labute approximate surface area is 143 Å². The molecule has 23 heavy (non-hydrogen) atoms. The van der Waals surface area contributed by atoms with Crippen LogP contribution in [-0.4, -0.2) is 38.5 Å². The summed E-state index contributed by atoms with van der Waals surface area (Å²) in [6, 6.07) is 24.0. The number of hydrogen-bond donors (Lipinski definition) is 4. The lowest BCUT2D eigenvalue weighted by molar-refractivity contribution is 0.399. The minimum atomic E-state index is 1.00. The van der Waals surface area contributed by atoms with Gasteiger partial charge in [-0.25, -0.2) is 0 Å². The molecule has 0 aliphatic carbocycles. The molecule has 0 aliphatic heterocycles. The first-order valence-corrected chi connectivity index (χ1v) is 7.46. The number of hydrogen-bond acceptors (Lipinski definition) is 4. The van der Waals surface area contributed by atoms with Crippen molar-refractivity contribution in [3.8, 4) is 0 Å². The van der Waals surface area contributed by atoms with E-state index in [2.05, 4.69) is 25.3 Å². The lowest BCUT2D eigenvalue weighted by Gasteiger charge is -1.69. The van der Waals surface area contributed by atoms with Gasteiger partial charge in [0.25, 0.3) is 0 Å². The number of nitrogens with two attached hydrogens (primary N) is 2. The van der Waals surface area contributed by atoms with Crippen LogP contribution in [0.15, 0.2) is 72.8 Å². The van der Waals surface area contributed by atoms with Crippen LogP contribution in [0.1, 0.15) is 20.3 Å². The molecule has 6 N–H and O–H groups in total. The molecule has 0 bridgehead atoms. The highest BCUT2D eigenvalue weighted by Crippen LogP contribution is 1.80. The van der Waals surface area contributed by atoms with Crippen molar-refractivity contribution in [1.29, 1.82) is 0 Å². The second kappa shape index (κ2) is 59.2. The van der Waals surface area contributed by atoms with Gasteiger partial charge in [-0.2, -0.15) is 0 Å². The van der Waals surface area contributed by atoms with Crippen LogP contribution in [0.2, 0.25) is 0 Å². The van der Waals surface area contributed by atoms with Crippen LogP contribution in [0.3, 0.4) is 0 Å². The van der Waals surface area contributed by atoms with E-state index in [1.165, 1.54) is 20.5 Å². The molecule has 2 rings (SSSR count). The van der Waals surface area contributed by atoms with Crippen LogP contribution in [0.25, 0.3) is 0 Å². The van der Waals surface area contributed by atoms with Crippen molar-refractivity contribution in [2.45, 2.75) is 20.3 Å². The largest absolute Gasteiger partial charge is 0.400 e. The quantitative estimate of drug-likeness (QED) is 0.598. The third kappa shape index (κ3) is 64.1. The van der Waals surface area contributed by atoms with Crippen molar-refractivity contribution in [2.24, 2.45) is 11.5 Å². The summed E-state index contributed by atoms with van der Waals surface area (Å²) < 4.78 is 0. The lowest BCUT2D eigenvalue weighted by Crippen LogP contribution is -1.69. The van der Waals surface area contributed by atoms with Crippen molar-refractivity contribution in [1.82, 2.24) is 0 Å². The highest BCUT2D eigenvalue weighted by Gasteiger charge is 1.58. The van der Waals surface area contributed by atoms with Gasteiger partial charge < -0.3 is 21.7 Å². The number of rotatable bonds is 0. The smallest absolute Gasteiger partial charge is 0.0319 e. The summed E-state index contributed by atoms with van der Waals surface area (Å²) in [4.78, 5) is 0. The summed E-state index contributed by atoms with van der Waals surface area (Å²) in [6.07, 6.45) is 1.25. The van der Waals surface area contributed by atoms with Crippen molar-refractivity contribution < 1.29 is 10.2 Å². The molecule has 0 amide bonds. The number of aliphatic hydroxyl groups is 2. The van der Waals surface area contributed by atoms with Gasteiger partial charge in [0.05, 0.1) is 0 Å². The molecular weight excluding hydrogens is 288 g/mol. The standard InChI is InChI=1S/2C6H6.C3H8.2CH5N.2CH4O/c2*1-2-4-6-5-3-1;1-3-2;4*1-2/h2*1-6H;3H2,1-2H3;2*2H2,1H3;2*2H,1H3. The predicted octanol–water partition coefficient (Wildman–Crippen LogP) is 3.16. The first-order valence-electron chi connectivity index (χ1n) is 7.46. The van der Waals surface area contributed by atoms with Gasteiger partial charge in [0.1, 0.15) is 0 Å². The molecule has 0 aliphatic rings. The first-order chi connectivity index (χ1) is 11.4. The maximum atomic E-state index is 7.00. The maximum Gasteiger partial charge on any atom is 0.0319 e. The van der Waals surface area contributed by atoms with Crippen LogP contribution in [0, 0.1) is 0 Å². The number of benzene rings is 2. The minimum Gasteiger partial charge on any atom is -0.400 e. The van der Waals surface area contributed by atoms with E-state index >= 15 is 0 Å². The second-order valence-corrected chi connectivity index (χ2v) is 3.02. The van der Waals surface area contributed by atoms with Gasteiger partial charge in [-0.05, 0) is 14.1 Å². The van der Waals surface area contributed by atoms with E-state index in [-0.39, 0.29) is 0 Å². The normalized spacial score (nSPS) is 6.00. The fraction of sp³-hybridized carbons (Fsp3) is 0.368. The van der Waals surface area contributed by atoms with Crippen molar-refractivity contribution in [3.05, 3.63) is 72.8 Å². The molecule has 2 aromatic carbocycles. The summed E-state index contributed by atoms with van der Waals surface area (Å²) in [6.45, 7) is 4.25. The molecular formula is C19H38N2O2. The molecule has 0 heterocycles. The van der Waals surface area contributed by atoms with E-state index in [9.17, 15) is 0 Å². The Hall–Kier alpha value is -1.72. The van der Waals surface area contributed by atoms with E-state index in [0.717, 1.165) is 14.2 Å². The summed E-state index contributed by atoms with van der Waals surface area (Å²) >= 11 is 0.